The minimum atomic E-state index is -0.393. The normalized spacial score (nSPS) is 10.6. The topological polar surface area (TPSA) is 88.7 Å². The zero-order chi connectivity index (χ0) is 15.7. The van der Waals surface area contributed by atoms with E-state index in [1.54, 1.807) is 24.3 Å². The van der Waals surface area contributed by atoms with Crippen molar-refractivity contribution >= 4 is 23.4 Å². The third-order valence-corrected chi connectivity index (χ3v) is 3.04. The van der Waals surface area contributed by atoms with Gasteiger partial charge in [0.1, 0.15) is 17.0 Å². The van der Waals surface area contributed by atoms with Crippen molar-refractivity contribution in [2.45, 2.75) is 18.7 Å². The summed E-state index contributed by atoms with van der Waals surface area (Å²) in [6, 6.07) is 8.99. The predicted octanol–water partition coefficient (Wildman–Crippen LogP) is 2.85. The summed E-state index contributed by atoms with van der Waals surface area (Å²) in [5.74, 6) is -0.0672. The summed E-state index contributed by atoms with van der Waals surface area (Å²) < 4.78 is 0. The molecule has 0 saturated heterocycles. The average Bonchev–Trinajstić information content (AvgIpc) is 2.47. The number of nitriles is 2. The molecular weight excluding hydrogens is 284 g/mol. The Hall–Kier alpha value is -2.44. The number of hydrogen-bond donors (Lipinski definition) is 2. The average molecular weight is 300 g/mol. The maximum absolute atomic E-state index is 11.8. The second kappa shape index (κ2) is 8.68. The summed E-state index contributed by atoms with van der Waals surface area (Å²) in [4.78, 5) is 12.6. The number of carbonyl (C=O) groups is 1. The first-order valence-corrected chi connectivity index (χ1v) is 7.19. The van der Waals surface area contributed by atoms with E-state index in [1.807, 2.05) is 25.3 Å². The lowest BCUT2D eigenvalue weighted by atomic mass is 10.2. The van der Waals surface area contributed by atoms with Crippen LogP contribution in [-0.4, -0.2) is 12.5 Å². The molecule has 0 aromatic heterocycles. The highest BCUT2D eigenvalue weighted by atomic mass is 32.2. The summed E-state index contributed by atoms with van der Waals surface area (Å²) in [5, 5.41) is 25.1. The quantitative estimate of drug-likeness (QED) is 0.365. The highest BCUT2D eigenvalue weighted by Gasteiger charge is 2.08. The van der Waals surface area contributed by atoms with E-state index in [4.69, 9.17) is 10.5 Å². The van der Waals surface area contributed by atoms with Gasteiger partial charge in [0.15, 0.2) is 0 Å². The van der Waals surface area contributed by atoms with Gasteiger partial charge in [-0.1, -0.05) is 13.8 Å². The second-order valence-electron chi connectivity index (χ2n) is 4.64. The number of hydrogen-bond acceptors (Lipinski definition) is 5. The lowest BCUT2D eigenvalue weighted by Crippen LogP contribution is -2.28. The molecule has 0 saturated carbocycles. The van der Waals surface area contributed by atoms with E-state index in [-0.39, 0.29) is 5.57 Å². The van der Waals surface area contributed by atoms with Crippen LogP contribution in [0, 0.1) is 27.9 Å². The first kappa shape index (κ1) is 16.6. The maximum Gasteiger partial charge on any atom is 0.263 e. The summed E-state index contributed by atoms with van der Waals surface area (Å²) in [7, 11) is 0. The smallest absolute Gasteiger partial charge is 0.263 e. The summed E-state index contributed by atoms with van der Waals surface area (Å²) >= 11 is 1.07. The van der Waals surface area contributed by atoms with Gasteiger partial charge in [-0.15, -0.1) is 0 Å². The molecule has 0 atom stereocenters. The number of carbonyl (C=O) groups excluding carboxylic acids is 1. The van der Waals surface area contributed by atoms with Crippen LogP contribution in [0.1, 0.15) is 13.8 Å². The Morgan fingerprint density at radius 1 is 1.33 bits per heavy atom. The first-order chi connectivity index (χ1) is 10.1. The van der Waals surface area contributed by atoms with E-state index in [1.165, 1.54) is 6.20 Å². The van der Waals surface area contributed by atoms with Crippen molar-refractivity contribution in [3.05, 3.63) is 36.0 Å². The van der Waals surface area contributed by atoms with Crippen LogP contribution in [0.25, 0.3) is 0 Å². The van der Waals surface area contributed by atoms with E-state index < -0.39 is 5.91 Å². The molecule has 108 valence electrons. The Morgan fingerprint density at radius 2 is 2.00 bits per heavy atom. The van der Waals surface area contributed by atoms with E-state index in [2.05, 4.69) is 10.6 Å². The molecule has 0 fully saturated rings. The molecule has 5 nitrogen and oxygen atoms in total. The molecule has 1 aromatic rings. The SMILES string of the molecule is CC(C)CNC(=O)/C(C#N)=C\Nc1ccc(SC#N)cc1. The lowest BCUT2D eigenvalue weighted by molar-refractivity contribution is -0.117. The molecule has 0 aliphatic heterocycles. The van der Waals surface area contributed by atoms with Gasteiger partial charge >= 0.3 is 0 Å². The standard InChI is InChI=1S/C15H16N4OS/c1-11(2)8-19-15(20)12(7-16)9-18-13-3-5-14(6-4-13)21-10-17/h3-6,9,11,18H,8H2,1-2H3,(H,19,20)/b12-9-. The Balaban J connectivity index is 2.66. The van der Waals surface area contributed by atoms with E-state index >= 15 is 0 Å². The molecule has 0 heterocycles. The van der Waals surface area contributed by atoms with Gasteiger partial charge < -0.3 is 10.6 Å². The molecule has 0 bridgehead atoms. The van der Waals surface area contributed by atoms with Crippen LogP contribution in [0.15, 0.2) is 40.9 Å². The maximum atomic E-state index is 11.8. The zero-order valence-electron chi connectivity index (χ0n) is 11.9. The van der Waals surface area contributed by atoms with Crippen LogP contribution in [0.2, 0.25) is 0 Å². The third kappa shape index (κ3) is 6.03. The number of rotatable bonds is 6. The molecule has 0 radical (unpaired) electrons. The molecule has 0 spiro atoms. The number of amides is 1. The summed E-state index contributed by atoms with van der Waals surface area (Å²) in [6.45, 7) is 4.49. The highest BCUT2D eigenvalue weighted by Crippen LogP contribution is 2.19. The molecule has 6 heteroatoms. The molecule has 21 heavy (non-hydrogen) atoms. The van der Waals surface area contributed by atoms with Gasteiger partial charge in [-0.2, -0.15) is 10.5 Å². The Bertz CT molecular complexity index is 594. The van der Waals surface area contributed by atoms with Crippen LogP contribution < -0.4 is 10.6 Å². The fourth-order valence-electron chi connectivity index (χ4n) is 1.37. The summed E-state index contributed by atoms with van der Waals surface area (Å²) in [5.41, 5.74) is 0.757. The largest absolute Gasteiger partial charge is 0.360 e. The number of thioether (sulfide) groups is 1. The van der Waals surface area contributed by atoms with Gasteiger partial charge in [-0.3, -0.25) is 4.79 Å². The van der Waals surface area contributed by atoms with Crippen molar-refractivity contribution in [2.24, 2.45) is 5.92 Å². The number of benzene rings is 1. The van der Waals surface area contributed by atoms with Crippen molar-refractivity contribution < 1.29 is 4.79 Å². The van der Waals surface area contributed by atoms with E-state index in [0.717, 1.165) is 22.3 Å². The van der Waals surface area contributed by atoms with Crippen LogP contribution in [0.5, 0.6) is 0 Å². The Labute approximate surface area is 128 Å². The molecule has 1 aromatic carbocycles. The van der Waals surface area contributed by atoms with Crippen molar-refractivity contribution in [2.75, 3.05) is 11.9 Å². The Morgan fingerprint density at radius 3 is 2.52 bits per heavy atom. The first-order valence-electron chi connectivity index (χ1n) is 6.37. The van der Waals surface area contributed by atoms with Crippen molar-refractivity contribution in [1.82, 2.24) is 5.32 Å². The van der Waals surface area contributed by atoms with E-state index in [0.29, 0.717) is 12.5 Å². The van der Waals surface area contributed by atoms with Crippen molar-refractivity contribution in [3.63, 3.8) is 0 Å². The van der Waals surface area contributed by atoms with Crippen molar-refractivity contribution in [1.29, 1.82) is 10.5 Å². The fraction of sp³-hybridized carbons (Fsp3) is 0.267. The zero-order valence-corrected chi connectivity index (χ0v) is 12.7. The number of thiocyanates is 1. The number of nitrogens with one attached hydrogen (secondary N) is 2. The molecular formula is C15H16N4OS. The lowest BCUT2D eigenvalue weighted by Gasteiger charge is -2.07. The van der Waals surface area contributed by atoms with Gasteiger partial charge in [0, 0.05) is 23.3 Å². The van der Waals surface area contributed by atoms with Crippen LogP contribution >= 0.6 is 11.8 Å². The van der Waals surface area contributed by atoms with Gasteiger partial charge in [0.2, 0.25) is 0 Å². The molecule has 2 N–H and O–H groups in total. The third-order valence-electron chi connectivity index (χ3n) is 2.44. The monoisotopic (exact) mass is 300 g/mol. The van der Waals surface area contributed by atoms with Crippen LogP contribution in [0.4, 0.5) is 5.69 Å². The predicted molar refractivity (Wildman–Crippen MR) is 83.1 cm³/mol. The Kier molecular flexibility index (Phi) is 6.86. The van der Waals surface area contributed by atoms with Crippen molar-refractivity contribution in [3.8, 4) is 11.5 Å². The second-order valence-corrected chi connectivity index (χ2v) is 5.49. The molecule has 1 amide bonds. The number of nitrogens with zero attached hydrogens (tertiary/aromatic N) is 2. The van der Waals surface area contributed by atoms with Crippen LogP contribution in [-0.2, 0) is 4.79 Å². The molecule has 0 unspecified atom stereocenters. The van der Waals surface area contributed by atoms with Gasteiger partial charge in [0.25, 0.3) is 5.91 Å². The number of anilines is 1. The minimum absolute atomic E-state index is 0.0196. The van der Waals surface area contributed by atoms with Gasteiger partial charge in [-0.25, -0.2) is 0 Å². The molecule has 0 aliphatic rings. The summed E-state index contributed by atoms with van der Waals surface area (Å²) in [6.07, 6.45) is 1.38. The fourth-order valence-corrected chi connectivity index (χ4v) is 1.75. The van der Waals surface area contributed by atoms with Gasteiger partial charge in [-0.05, 0) is 41.9 Å². The highest BCUT2D eigenvalue weighted by molar-refractivity contribution is 8.03. The molecule has 1 rings (SSSR count). The molecule has 0 aliphatic carbocycles. The minimum Gasteiger partial charge on any atom is -0.360 e. The van der Waals surface area contributed by atoms with E-state index in [9.17, 15) is 4.79 Å². The van der Waals surface area contributed by atoms with Gasteiger partial charge in [0.05, 0.1) is 0 Å². The van der Waals surface area contributed by atoms with Crippen LogP contribution in [0.3, 0.4) is 0 Å².